The third kappa shape index (κ3) is 2.82. The summed E-state index contributed by atoms with van der Waals surface area (Å²) in [6.45, 7) is -0.0673. The Morgan fingerprint density at radius 2 is 2.50 bits per heavy atom. The molecule has 76 valence electrons. The van der Waals surface area contributed by atoms with E-state index in [0.717, 1.165) is 0 Å². The smallest absolute Gasteiger partial charge is 0.359 e. The summed E-state index contributed by atoms with van der Waals surface area (Å²) >= 11 is 1.28. The molecule has 0 fully saturated rings. The summed E-state index contributed by atoms with van der Waals surface area (Å²) in [4.78, 5) is 15.9. The zero-order chi connectivity index (χ0) is 10.4. The minimum atomic E-state index is -1.12. The van der Waals surface area contributed by atoms with Crippen LogP contribution in [0.1, 0.15) is 4.88 Å². The molecule has 0 unspecified atom stereocenters. The number of oxime groups is 1. The van der Waals surface area contributed by atoms with Gasteiger partial charge >= 0.3 is 5.97 Å². The molecule has 0 amide bonds. The summed E-state index contributed by atoms with van der Waals surface area (Å²) in [7, 11) is 1.43. The number of thiophene rings is 1. The molecule has 1 N–H and O–H groups in total. The van der Waals surface area contributed by atoms with E-state index in [1.165, 1.54) is 18.4 Å². The molecule has 0 aliphatic heterocycles. The van der Waals surface area contributed by atoms with E-state index < -0.39 is 5.97 Å². The van der Waals surface area contributed by atoms with Gasteiger partial charge in [-0.25, -0.2) is 4.79 Å². The lowest BCUT2D eigenvalue weighted by atomic mass is 10.3. The number of ether oxygens (including phenoxy) is 1. The van der Waals surface area contributed by atoms with Crippen LogP contribution in [-0.4, -0.2) is 30.7 Å². The second-order valence-corrected chi connectivity index (χ2v) is 3.21. The predicted molar refractivity (Wildman–Crippen MR) is 51.5 cm³/mol. The number of hydrogen-bond acceptors (Lipinski definition) is 5. The number of carboxylic acid groups (broad SMARTS) is 1. The molecule has 0 bridgehead atoms. The van der Waals surface area contributed by atoms with Gasteiger partial charge in [0.1, 0.15) is 0 Å². The third-order valence-electron chi connectivity index (χ3n) is 1.28. The monoisotopic (exact) mass is 215 g/mol. The number of rotatable bonds is 5. The van der Waals surface area contributed by atoms with Crippen molar-refractivity contribution in [3.63, 3.8) is 0 Å². The van der Waals surface area contributed by atoms with E-state index >= 15 is 0 Å². The Labute approximate surface area is 84.6 Å². The van der Waals surface area contributed by atoms with Gasteiger partial charge in [-0.15, -0.1) is 11.3 Å². The maximum Gasteiger partial charge on any atom is 0.359 e. The SMILES string of the molecule is COCON=C(C(=O)O)c1cccs1. The minimum absolute atomic E-state index is 0.0673. The molecule has 0 aromatic carbocycles. The number of aliphatic carboxylic acids is 1. The van der Waals surface area contributed by atoms with Crippen molar-refractivity contribution in [3.8, 4) is 0 Å². The topological polar surface area (TPSA) is 68.1 Å². The van der Waals surface area contributed by atoms with Crippen LogP contribution in [0.25, 0.3) is 0 Å². The van der Waals surface area contributed by atoms with Crippen molar-refractivity contribution in [1.29, 1.82) is 0 Å². The zero-order valence-corrected chi connectivity index (χ0v) is 8.28. The molecule has 1 aromatic rings. The number of carbonyl (C=O) groups is 1. The lowest BCUT2D eigenvalue weighted by molar-refractivity contribution is -0.129. The summed E-state index contributed by atoms with van der Waals surface area (Å²) in [5.74, 6) is -1.12. The largest absolute Gasteiger partial charge is 0.476 e. The van der Waals surface area contributed by atoms with Crippen LogP contribution < -0.4 is 0 Å². The summed E-state index contributed by atoms with van der Waals surface area (Å²) in [5.41, 5.74) is -0.114. The van der Waals surface area contributed by atoms with Crippen LogP contribution in [-0.2, 0) is 14.4 Å². The van der Waals surface area contributed by atoms with E-state index in [1.54, 1.807) is 17.5 Å². The molecule has 0 radical (unpaired) electrons. The first kappa shape index (κ1) is 10.7. The highest BCUT2D eigenvalue weighted by molar-refractivity contribution is 7.13. The van der Waals surface area contributed by atoms with Crippen LogP contribution in [0.15, 0.2) is 22.7 Å². The predicted octanol–water partition coefficient (Wildman–Crippen LogP) is 1.16. The molecule has 0 saturated heterocycles. The first-order chi connectivity index (χ1) is 6.75. The van der Waals surface area contributed by atoms with Crippen molar-refractivity contribution < 1.29 is 19.5 Å². The van der Waals surface area contributed by atoms with Crippen molar-refractivity contribution in [2.45, 2.75) is 0 Å². The quantitative estimate of drug-likeness (QED) is 0.346. The van der Waals surface area contributed by atoms with E-state index in [1.807, 2.05) is 0 Å². The standard InChI is InChI=1S/C8H9NO4S/c1-12-5-13-9-7(8(10)11)6-3-2-4-14-6/h2-4H,5H2,1H3,(H,10,11). The van der Waals surface area contributed by atoms with Gasteiger partial charge in [0.25, 0.3) is 0 Å². The maximum absolute atomic E-state index is 10.7. The van der Waals surface area contributed by atoms with E-state index in [4.69, 9.17) is 5.11 Å². The third-order valence-corrected chi connectivity index (χ3v) is 2.16. The molecule has 0 spiro atoms. The first-order valence-electron chi connectivity index (χ1n) is 3.71. The summed E-state index contributed by atoms with van der Waals surface area (Å²) in [6.07, 6.45) is 0. The van der Waals surface area contributed by atoms with Gasteiger partial charge in [-0.3, -0.25) is 0 Å². The summed E-state index contributed by atoms with van der Waals surface area (Å²) in [6, 6.07) is 3.41. The highest BCUT2D eigenvalue weighted by Gasteiger charge is 2.14. The van der Waals surface area contributed by atoms with Gasteiger partial charge in [0.2, 0.25) is 12.5 Å². The van der Waals surface area contributed by atoms with Crippen LogP contribution in [0.2, 0.25) is 0 Å². The lowest BCUT2D eigenvalue weighted by Gasteiger charge is -1.98. The molecule has 1 aromatic heterocycles. The minimum Gasteiger partial charge on any atom is -0.476 e. The Morgan fingerprint density at radius 1 is 1.71 bits per heavy atom. The number of nitrogens with zero attached hydrogens (tertiary/aromatic N) is 1. The lowest BCUT2D eigenvalue weighted by Crippen LogP contribution is -2.13. The van der Waals surface area contributed by atoms with Gasteiger partial charge in [0.05, 0.1) is 4.88 Å². The maximum atomic E-state index is 10.7. The van der Waals surface area contributed by atoms with Crippen LogP contribution in [0.3, 0.4) is 0 Å². The number of hydrogen-bond donors (Lipinski definition) is 1. The second kappa shape index (κ2) is 5.36. The van der Waals surface area contributed by atoms with Gasteiger partial charge in [-0.05, 0) is 11.4 Å². The number of carboxylic acids is 1. The molecular formula is C8H9NO4S. The fourth-order valence-corrected chi connectivity index (χ4v) is 1.44. The average Bonchev–Trinajstić information content (AvgIpc) is 2.64. The van der Waals surface area contributed by atoms with E-state index in [-0.39, 0.29) is 12.5 Å². The summed E-state index contributed by atoms with van der Waals surface area (Å²) < 4.78 is 4.57. The highest BCUT2D eigenvalue weighted by atomic mass is 32.1. The molecule has 0 aliphatic carbocycles. The van der Waals surface area contributed by atoms with Crippen LogP contribution in [0.4, 0.5) is 0 Å². The van der Waals surface area contributed by atoms with Crippen LogP contribution in [0, 0.1) is 0 Å². The average molecular weight is 215 g/mol. The van der Waals surface area contributed by atoms with Gasteiger partial charge in [0.15, 0.2) is 0 Å². The molecule has 1 heterocycles. The van der Waals surface area contributed by atoms with Crippen molar-refractivity contribution in [3.05, 3.63) is 22.4 Å². The zero-order valence-electron chi connectivity index (χ0n) is 7.47. The molecule has 14 heavy (non-hydrogen) atoms. The Balaban J connectivity index is 2.75. The first-order valence-corrected chi connectivity index (χ1v) is 4.59. The molecular weight excluding hydrogens is 206 g/mol. The van der Waals surface area contributed by atoms with Crippen molar-refractivity contribution in [2.75, 3.05) is 13.9 Å². The van der Waals surface area contributed by atoms with Gasteiger partial charge in [-0.1, -0.05) is 11.2 Å². The van der Waals surface area contributed by atoms with Crippen LogP contribution >= 0.6 is 11.3 Å². The van der Waals surface area contributed by atoms with E-state index in [2.05, 4.69) is 14.7 Å². The normalized spacial score (nSPS) is 11.4. The molecule has 0 atom stereocenters. The van der Waals surface area contributed by atoms with Crippen LogP contribution in [0.5, 0.6) is 0 Å². The van der Waals surface area contributed by atoms with Crippen molar-refractivity contribution in [1.82, 2.24) is 0 Å². The summed E-state index contributed by atoms with van der Waals surface area (Å²) in [5, 5.41) is 14.0. The van der Waals surface area contributed by atoms with Crippen molar-refractivity contribution >= 4 is 23.0 Å². The number of methoxy groups -OCH3 is 1. The Hall–Kier alpha value is -1.40. The fraction of sp³-hybridized carbons (Fsp3) is 0.250. The van der Waals surface area contributed by atoms with Crippen molar-refractivity contribution in [2.24, 2.45) is 5.16 Å². The fourth-order valence-electron chi connectivity index (χ4n) is 0.746. The molecule has 6 heteroatoms. The molecule has 0 saturated carbocycles. The van der Waals surface area contributed by atoms with E-state index in [0.29, 0.717) is 4.88 Å². The van der Waals surface area contributed by atoms with Gasteiger partial charge in [-0.2, -0.15) is 0 Å². The Morgan fingerprint density at radius 3 is 3.00 bits per heavy atom. The molecule has 0 aliphatic rings. The molecule has 5 nitrogen and oxygen atoms in total. The highest BCUT2D eigenvalue weighted by Crippen LogP contribution is 2.10. The Kier molecular flexibility index (Phi) is 4.09. The Bertz CT molecular complexity index is 320. The van der Waals surface area contributed by atoms with Gasteiger partial charge < -0.3 is 14.7 Å². The second-order valence-electron chi connectivity index (χ2n) is 2.26. The van der Waals surface area contributed by atoms with E-state index in [9.17, 15) is 4.79 Å². The molecule has 1 rings (SSSR count). The van der Waals surface area contributed by atoms with Gasteiger partial charge in [0, 0.05) is 7.11 Å².